The van der Waals surface area contributed by atoms with Gasteiger partial charge in [0.25, 0.3) is 0 Å². The van der Waals surface area contributed by atoms with Crippen molar-refractivity contribution in [3.05, 3.63) is 34.9 Å². The number of sulfone groups is 1. The van der Waals surface area contributed by atoms with E-state index >= 15 is 0 Å². The molecule has 1 aromatic rings. The Balaban J connectivity index is 2.64. The minimum atomic E-state index is -3.37. The summed E-state index contributed by atoms with van der Waals surface area (Å²) in [7, 11) is -3.37. The normalized spacial score (nSPS) is 13.0. The van der Waals surface area contributed by atoms with E-state index in [1.165, 1.54) is 6.92 Å². The third-order valence-corrected chi connectivity index (χ3v) is 5.44. The first-order valence-electron chi connectivity index (χ1n) is 6.11. The fourth-order valence-corrected chi connectivity index (χ4v) is 3.13. The summed E-state index contributed by atoms with van der Waals surface area (Å²) >= 11 is 5.96. The molecule has 4 nitrogen and oxygen atoms in total. The molecule has 1 rings (SSSR count). The van der Waals surface area contributed by atoms with E-state index in [1.807, 2.05) is 6.07 Å². The Morgan fingerprint density at radius 1 is 1.37 bits per heavy atom. The largest absolute Gasteiger partial charge is 0.351 e. The summed E-state index contributed by atoms with van der Waals surface area (Å²) in [5.74, 6) is -0.471. The Hall–Kier alpha value is -1.07. The van der Waals surface area contributed by atoms with Gasteiger partial charge in [0.05, 0.1) is 5.75 Å². The number of benzene rings is 1. The fourth-order valence-electron chi connectivity index (χ4n) is 1.59. The lowest BCUT2D eigenvalue weighted by atomic mass is 10.2. The predicted octanol–water partition coefficient (Wildman–Crippen LogP) is 2.17. The zero-order valence-corrected chi connectivity index (χ0v) is 12.6. The molecule has 0 bridgehead atoms. The van der Waals surface area contributed by atoms with Crippen LogP contribution in [0.2, 0.25) is 5.02 Å². The molecule has 0 unspecified atom stereocenters. The SMILES string of the molecule is CCCS(=O)(=O)[C@@H](C)C(=O)NCc1ccccc1Cl. The summed E-state index contributed by atoms with van der Waals surface area (Å²) in [6.07, 6.45) is 0.504. The van der Waals surface area contributed by atoms with E-state index in [-0.39, 0.29) is 12.3 Å². The second kappa shape index (κ2) is 6.91. The number of rotatable bonds is 6. The Kier molecular flexibility index (Phi) is 5.82. The van der Waals surface area contributed by atoms with Crippen LogP contribution in [0.15, 0.2) is 24.3 Å². The molecule has 0 aliphatic carbocycles. The van der Waals surface area contributed by atoms with Crippen LogP contribution in [-0.4, -0.2) is 25.3 Å². The lowest BCUT2D eigenvalue weighted by molar-refractivity contribution is -0.120. The molecule has 1 N–H and O–H groups in total. The summed E-state index contributed by atoms with van der Waals surface area (Å²) in [5.41, 5.74) is 0.762. The highest BCUT2D eigenvalue weighted by molar-refractivity contribution is 7.92. The highest BCUT2D eigenvalue weighted by atomic mass is 35.5. The smallest absolute Gasteiger partial charge is 0.238 e. The molecule has 1 amide bonds. The van der Waals surface area contributed by atoms with Gasteiger partial charge in [-0.3, -0.25) is 4.79 Å². The van der Waals surface area contributed by atoms with Crippen molar-refractivity contribution in [2.24, 2.45) is 0 Å². The van der Waals surface area contributed by atoms with Crippen molar-refractivity contribution < 1.29 is 13.2 Å². The molecule has 0 saturated heterocycles. The number of hydrogen-bond acceptors (Lipinski definition) is 3. The molecule has 1 atom stereocenters. The van der Waals surface area contributed by atoms with Gasteiger partial charge in [-0.2, -0.15) is 0 Å². The predicted molar refractivity (Wildman–Crippen MR) is 76.8 cm³/mol. The summed E-state index contributed by atoms with van der Waals surface area (Å²) in [6.45, 7) is 3.41. The molecule has 0 fully saturated rings. The van der Waals surface area contributed by atoms with Crippen LogP contribution in [0.3, 0.4) is 0 Å². The maximum absolute atomic E-state index is 11.8. The average molecular weight is 304 g/mol. The minimum Gasteiger partial charge on any atom is -0.351 e. The van der Waals surface area contributed by atoms with Gasteiger partial charge in [-0.25, -0.2) is 8.42 Å². The molecule has 6 heteroatoms. The Morgan fingerprint density at radius 3 is 2.58 bits per heavy atom. The van der Waals surface area contributed by atoms with Gasteiger partial charge >= 0.3 is 0 Å². The molecule has 0 radical (unpaired) electrons. The molecular formula is C13H18ClNO3S. The average Bonchev–Trinajstić information content (AvgIpc) is 2.36. The monoisotopic (exact) mass is 303 g/mol. The lowest BCUT2D eigenvalue weighted by Crippen LogP contribution is -2.38. The van der Waals surface area contributed by atoms with Crippen LogP contribution in [-0.2, 0) is 21.2 Å². The van der Waals surface area contributed by atoms with Crippen LogP contribution in [0.25, 0.3) is 0 Å². The Bertz CT molecular complexity index is 543. The maximum atomic E-state index is 11.8. The van der Waals surface area contributed by atoms with Crippen LogP contribution >= 0.6 is 11.6 Å². The molecule has 0 aliphatic heterocycles. The molecule has 19 heavy (non-hydrogen) atoms. The number of carbonyl (C=O) groups excluding carboxylic acids is 1. The summed E-state index contributed by atoms with van der Waals surface area (Å²) in [5, 5.41) is 2.12. The van der Waals surface area contributed by atoms with Crippen molar-refractivity contribution in [1.29, 1.82) is 0 Å². The topological polar surface area (TPSA) is 63.2 Å². The highest BCUT2D eigenvalue weighted by Gasteiger charge is 2.26. The molecular weight excluding hydrogens is 286 g/mol. The zero-order chi connectivity index (χ0) is 14.5. The van der Waals surface area contributed by atoms with Gasteiger partial charge in [0.15, 0.2) is 9.84 Å². The fraction of sp³-hybridized carbons (Fsp3) is 0.462. The van der Waals surface area contributed by atoms with Crippen LogP contribution in [0.5, 0.6) is 0 Å². The zero-order valence-electron chi connectivity index (χ0n) is 11.0. The summed E-state index contributed by atoms with van der Waals surface area (Å²) < 4.78 is 23.5. The molecule has 0 heterocycles. The van der Waals surface area contributed by atoms with Gasteiger partial charge in [-0.1, -0.05) is 36.7 Å². The number of halogens is 1. The quantitative estimate of drug-likeness (QED) is 0.876. The Labute approximate surface area is 119 Å². The maximum Gasteiger partial charge on any atom is 0.238 e. The van der Waals surface area contributed by atoms with Gasteiger partial charge in [0.2, 0.25) is 5.91 Å². The van der Waals surface area contributed by atoms with Crippen LogP contribution in [0, 0.1) is 0 Å². The van der Waals surface area contributed by atoms with E-state index in [1.54, 1.807) is 25.1 Å². The summed E-state index contributed by atoms with van der Waals surface area (Å²) in [6, 6.07) is 7.11. The third kappa shape index (κ3) is 4.51. The van der Waals surface area contributed by atoms with Crippen molar-refractivity contribution >= 4 is 27.3 Å². The van der Waals surface area contributed by atoms with Crippen molar-refractivity contribution in [2.45, 2.75) is 32.1 Å². The Morgan fingerprint density at radius 2 is 2.00 bits per heavy atom. The van der Waals surface area contributed by atoms with Crippen LogP contribution in [0.1, 0.15) is 25.8 Å². The van der Waals surface area contributed by atoms with Gasteiger partial charge in [0, 0.05) is 11.6 Å². The van der Waals surface area contributed by atoms with E-state index in [4.69, 9.17) is 11.6 Å². The second-order valence-corrected chi connectivity index (χ2v) is 7.17. The first-order chi connectivity index (χ1) is 8.88. The molecule has 0 spiro atoms. The van der Waals surface area contributed by atoms with E-state index in [0.29, 0.717) is 11.4 Å². The first-order valence-corrected chi connectivity index (χ1v) is 8.20. The van der Waals surface area contributed by atoms with Gasteiger partial charge < -0.3 is 5.32 Å². The number of nitrogens with one attached hydrogen (secondary N) is 1. The number of amides is 1. The standard InChI is InChI=1S/C13H18ClNO3S/c1-3-8-19(17,18)10(2)13(16)15-9-11-6-4-5-7-12(11)14/h4-7,10H,3,8-9H2,1-2H3,(H,15,16)/t10-/m0/s1. The second-order valence-electron chi connectivity index (χ2n) is 4.32. The van der Waals surface area contributed by atoms with Crippen LogP contribution < -0.4 is 5.32 Å². The highest BCUT2D eigenvalue weighted by Crippen LogP contribution is 2.14. The van der Waals surface area contributed by atoms with Crippen molar-refractivity contribution in [1.82, 2.24) is 5.32 Å². The molecule has 106 valence electrons. The number of hydrogen-bond donors (Lipinski definition) is 1. The van der Waals surface area contributed by atoms with Gasteiger partial charge in [-0.15, -0.1) is 0 Å². The van der Waals surface area contributed by atoms with E-state index in [2.05, 4.69) is 5.32 Å². The van der Waals surface area contributed by atoms with Crippen LogP contribution in [0.4, 0.5) is 0 Å². The van der Waals surface area contributed by atoms with Crippen molar-refractivity contribution in [2.75, 3.05) is 5.75 Å². The van der Waals surface area contributed by atoms with Crippen molar-refractivity contribution in [3.8, 4) is 0 Å². The van der Waals surface area contributed by atoms with Crippen molar-refractivity contribution in [3.63, 3.8) is 0 Å². The minimum absolute atomic E-state index is 0.0215. The molecule has 0 saturated carbocycles. The third-order valence-electron chi connectivity index (χ3n) is 2.81. The molecule has 0 aromatic heterocycles. The van der Waals surface area contributed by atoms with E-state index in [9.17, 15) is 13.2 Å². The van der Waals surface area contributed by atoms with E-state index < -0.39 is 21.0 Å². The van der Waals surface area contributed by atoms with Gasteiger partial charge in [0.1, 0.15) is 5.25 Å². The summed E-state index contributed by atoms with van der Waals surface area (Å²) in [4.78, 5) is 11.8. The van der Waals surface area contributed by atoms with E-state index in [0.717, 1.165) is 5.56 Å². The lowest BCUT2D eigenvalue weighted by Gasteiger charge is -2.13. The van der Waals surface area contributed by atoms with Gasteiger partial charge in [-0.05, 0) is 25.0 Å². The molecule has 1 aromatic carbocycles. The first kappa shape index (κ1) is 16.0. The molecule has 0 aliphatic rings. The number of carbonyl (C=O) groups is 1.